The van der Waals surface area contributed by atoms with E-state index in [1.807, 2.05) is 0 Å². The Labute approximate surface area is 212 Å². The van der Waals surface area contributed by atoms with Gasteiger partial charge in [-0.1, -0.05) is 30.3 Å². The average Bonchev–Trinajstić information content (AvgIpc) is 2.82. The van der Waals surface area contributed by atoms with Gasteiger partial charge in [-0.2, -0.15) is 0 Å². The van der Waals surface area contributed by atoms with Crippen LogP contribution in [0.2, 0.25) is 0 Å². The third kappa shape index (κ3) is 11.5. The molecule has 0 saturated carbocycles. The summed E-state index contributed by atoms with van der Waals surface area (Å²) >= 11 is 0. The number of aliphatic hydroxyl groups excluding tert-OH is 1. The molecule has 1 aromatic carbocycles. The van der Waals surface area contributed by atoms with Crippen molar-refractivity contribution in [1.82, 2.24) is 16.0 Å². The minimum absolute atomic E-state index is 0.0950. The molecule has 204 valence electrons. The van der Waals surface area contributed by atoms with Crippen molar-refractivity contribution in [3.8, 4) is 0 Å². The number of aliphatic carboxylic acids is 3. The number of hydrogen-bond acceptors (Lipinski definition) is 8. The van der Waals surface area contributed by atoms with E-state index in [4.69, 9.17) is 15.9 Å². The Morgan fingerprint density at radius 3 is 1.84 bits per heavy atom. The molecule has 5 atom stereocenters. The third-order valence-electron chi connectivity index (χ3n) is 5.25. The number of nitrogens with one attached hydrogen (secondary N) is 3. The molecule has 37 heavy (non-hydrogen) atoms. The Kier molecular flexibility index (Phi) is 12.7. The summed E-state index contributed by atoms with van der Waals surface area (Å²) in [5.74, 6) is -6.71. The third-order valence-corrected chi connectivity index (χ3v) is 5.25. The van der Waals surface area contributed by atoms with Crippen LogP contribution in [0.25, 0.3) is 0 Å². The monoisotopic (exact) mass is 524 g/mol. The molecule has 0 aliphatic heterocycles. The van der Waals surface area contributed by atoms with Crippen LogP contribution in [0.15, 0.2) is 30.3 Å². The summed E-state index contributed by atoms with van der Waals surface area (Å²) in [5, 5.41) is 43.8. The van der Waals surface area contributed by atoms with Crippen molar-refractivity contribution in [1.29, 1.82) is 0 Å². The number of nitrogens with two attached hydrogens (primary N) is 1. The van der Waals surface area contributed by atoms with E-state index in [0.29, 0.717) is 5.56 Å². The minimum atomic E-state index is -1.57. The fourth-order valence-electron chi connectivity index (χ4n) is 3.19. The van der Waals surface area contributed by atoms with Gasteiger partial charge in [-0.05, 0) is 25.3 Å². The van der Waals surface area contributed by atoms with Crippen molar-refractivity contribution in [2.75, 3.05) is 0 Å². The van der Waals surface area contributed by atoms with Gasteiger partial charge in [-0.25, -0.2) is 4.79 Å². The topological polar surface area (TPSA) is 245 Å². The van der Waals surface area contributed by atoms with Crippen molar-refractivity contribution < 1.29 is 49.2 Å². The van der Waals surface area contributed by atoms with Crippen molar-refractivity contribution >= 4 is 35.6 Å². The number of rotatable bonds is 16. The quantitative estimate of drug-likeness (QED) is 0.120. The largest absolute Gasteiger partial charge is 0.481 e. The maximum absolute atomic E-state index is 13.0. The normalized spacial score (nSPS) is 14.8. The highest BCUT2D eigenvalue weighted by Gasteiger charge is 2.32. The molecular weight excluding hydrogens is 492 g/mol. The highest BCUT2D eigenvalue weighted by Crippen LogP contribution is 2.07. The van der Waals surface area contributed by atoms with Crippen LogP contribution in [0.4, 0.5) is 0 Å². The van der Waals surface area contributed by atoms with E-state index >= 15 is 0 Å². The van der Waals surface area contributed by atoms with Gasteiger partial charge in [0.25, 0.3) is 0 Å². The number of carboxylic acids is 3. The Morgan fingerprint density at radius 1 is 0.784 bits per heavy atom. The number of carbonyl (C=O) groups is 6. The van der Waals surface area contributed by atoms with E-state index in [1.165, 1.54) is 6.92 Å². The molecule has 0 bridgehead atoms. The van der Waals surface area contributed by atoms with Crippen molar-refractivity contribution in [2.45, 2.75) is 69.3 Å². The van der Waals surface area contributed by atoms with Gasteiger partial charge in [0, 0.05) is 19.3 Å². The fraction of sp³-hybridized carbons (Fsp3) is 0.478. The fourth-order valence-corrected chi connectivity index (χ4v) is 3.19. The lowest BCUT2D eigenvalue weighted by Crippen LogP contribution is -2.60. The van der Waals surface area contributed by atoms with E-state index in [2.05, 4.69) is 16.0 Å². The molecule has 0 saturated heterocycles. The number of amides is 3. The predicted molar refractivity (Wildman–Crippen MR) is 127 cm³/mol. The van der Waals surface area contributed by atoms with Crippen molar-refractivity contribution in [3.05, 3.63) is 35.9 Å². The lowest BCUT2D eigenvalue weighted by Gasteiger charge is -2.26. The van der Waals surface area contributed by atoms with Gasteiger partial charge in [0.15, 0.2) is 0 Å². The molecule has 0 aliphatic carbocycles. The molecule has 0 fully saturated rings. The first-order valence-corrected chi connectivity index (χ1v) is 11.4. The molecule has 3 amide bonds. The second-order valence-electron chi connectivity index (χ2n) is 8.35. The molecule has 1 aromatic rings. The molecule has 9 N–H and O–H groups in total. The van der Waals surface area contributed by atoms with E-state index in [9.17, 15) is 39.0 Å². The standard InChI is InChI=1S/C23H32N4O10/c1-12(28)19(27-20(33)14(24)7-9-17(29)30)22(35)26-16(11-13-5-3-2-4-6-13)21(34)25-15(23(36)37)8-10-18(31)32/h2-6,12,14-16,19,28H,7-11,24H2,1H3,(H,25,34)(H,26,35)(H,27,33)(H,29,30)(H,31,32)(H,36,37). The highest BCUT2D eigenvalue weighted by molar-refractivity contribution is 5.94. The summed E-state index contributed by atoms with van der Waals surface area (Å²) < 4.78 is 0. The number of carboxylic acid groups (broad SMARTS) is 3. The molecule has 14 heteroatoms. The van der Waals surface area contributed by atoms with Crippen LogP contribution in [-0.2, 0) is 35.2 Å². The van der Waals surface area contributed by atoms with Crippen molar-refractivity contribution in [3.63, 3.8) is 0 Å². The van der Waals surface area contributed by atoms with Gasteiger partial charge < -0.3 is 42.1 Å². The van der Waals surface area contributed by atoms with Gasteiger partial charge in [0.2, 0.25) is 17.7 Å². The maximum atomic E-state index is 13.0. The van der Waals surface area contributed by atoms with Crippen LogP contribution < -0.4 is 21.7 Å². The van der Waals surface area contributed by atoms with E-state index < -0.39 is 85.2 Å². The first-order chi connectivity index (χ1) is 17.3. The summed E-state index contributed by atoms with van der Waals surface area (Å²) in [6, 6.07) is 2.62. The molecule has 5 unspecified atom stereocenters. The number of hydrogen-bond donors (Lipinski definition) is 8. The number of aliphatic hydroxyl groups is 1. The minimum Gasteiger partial charge on any atom is -0.481 e. The van der Waals surface area contributed by atoms with Crippen LogP contribution in [0, 0.1) is 0 Å². The van der Waals surface area contributed by atoms with Gasteiger partial charge in [-0.15, -0.1) is 0 Å². The van der Waals surface area contributed by atoms with Gasteiger partial charge in [-0.3, -0.25) is 24.0 Å². The summed E-state index contributed by atoms with van der Waals surface area (Å²) in [7, 11) is 0. The first-order valence-electron chi connectivity index (χ1n) is 11.4. The summed E-state index contributed by atoms with van der Waals surface area (Å²) in [5.41, 5.74) is 6.24. The van der Waals surface area contributed by atoms with Crippen LogP contribution in [0.3, 0.4) is 0 Å². The van der Waals surface area contributed by atoms with Gasteiger partial charge in [0.1, 0.15) is 18.1 Å². The second kappa shape index (κ2) is 15.2. The molecular formula is C23H32N4O10. The second-order valence-corrected chi connectivity index (χ2v) is 8.35. The molecule has 14 nitrogen and oxygen atoms in total. The number of carbonyl (C=O) groups excluding carboxylic acids is 3. The Morgan fingerprint density at radius 2 is 1.32 bits per heavy atom. The smallest absolute Gasteiger partial charge is 0.326 e. The van der Waals surface area contributed by atoms with Gasteiger partial charge in [0.05, 0.1) is 12.1 Å². The molecule has 1 rings (SSSR count). The first kappa shape index (κ1) is 31.0. The molecule has 0 radical (unpaired) electrons. The summed E-state index contributed by atoms with van der Waals surface area (Å²) in [6.07, 6.45) is -3.08. The summed E-state index contributed by atoms with van der Waals surface area (Å²) in [6.45, 7) is 1.20. The van der Waals surface area contributed by atoms with Crippen LogP contribution in [0.1, 0.15) is 38.2 Å². The Hall–Kier alpha value is -4.04. The molecule has 0 heterocycles. The van der Waals surface area contributed by atoms with Crippen LogP contribution in [-0.4, -0.2) is 86.3 Å². The van der Waals surface area contributed by atoms with Crippen LogP contribution in [0.5, 0.6) is 0 Å². The van der Waals surface area contributed by atoms with E-state index in [0.717, 1.165) is 0 Å². The summed E-state index contributed by atoms with van der Waals surface area (Å²) in [4.78, 5) is 71.3. The Bertz CT molecular complexity index is 970. The lowest BCUT2D eigenvalue weighted by atomic mass is 10.0. The molecule has 0 aliphatic rings. The zero-order valence-corrected chi connectivity index (χ0v) is 20.1. The zero-order chi connectivity index (χ0) is 28.1. The molecule has 0 aromatic heterocycles. The lowest BCUT2D eigenvalue weighted by molar-refractivity contribution is -0.143. The van der Waals surface area contributed by atoms with E-state index in [-0.39, 0.29) is 12.8 Å². The maximum Gasteiger partial charge on any atom is 0.326 e. The average molecular weight is 525 g/mol. The number of benzene rings is 1. The van der Waals surface area contributed by atoms with Crippen molar-refractivity contribution in [2.24, 2.45) is 5.73 Å². The van der Waals surface area contributed by atoms with Crippen LogP contribution >= 0.6 is 0 Å². The Balaban J connectivity index is 3.06. The highest BCUT2D eigenvalue weighted by atomic mass is 16.4. The molecule has 0 spiro atoms. The predicted octanol–water partition coefficient (Wildman–Crippen LogP) is -1.79. The van der Waals surface area contributed by atoms with Gasteiger partial charge >= 0.3 is 17.9 Å². The SMILES string of the molecule is CC(O)C(NC(=O)C(N)CCC(=O)O)C(=O)NC(Cc1ccccc1)C(=O)NC(CCC(=O)O)C(=O)O. The zero-order valence-electron chi connectivity index (χ0n) is 20.1. The van der Waals surface area contributed by atoms with E-state index in [1.54, 1.807) is 30.3 Å².